The van der Waals surface area contributed by atoms with E-state index in [4.69, 9.17) is 0 Å². The first-order valence-electron chi connectivity index (χ1n) is 6.42. The molecular formula is C14H17N3O. The summed E-state index contributed by atoms with van der Waals surface area (Å²) >= 11 is 0. The van der Waals surface area contributed by atoms with E-state index in [9.17, 15) is 4.79 Å². The van der Waals surface area contributed by atoms with Crippen molar-refractivity contribution < 1.29 is 0 Å². The fourth-order valence-electron chi connectivity index (χ4n) is 2.62. The van der Waals surface area contributed by atoms with Gasteiger partial charge in [-0.25, -0.2) is 4.79 Å². The maximum absolute atomic E-state index is 11.7. The fourth-order valence-corrected chi connectivity index (χ4v) is 2.62. The summed E-state index contributed by atoms with van der Waals surface area (Å²) in [5, 5.41) is 3.50. The van der Waals surface area contributed by atoms with E-state index in [1.165, 1.54) is 18.4 Å². The number of rotatable bonds is 3. The third kappa shape index (κ3) is 2.11. The van der Waals surface area contributed by atoms with Gasteiger partial charge in [0.15, 0.2) is 0 Å². The van der Waals surface area contributed by atoms with Crippen molar-refractivity contribution >= 4 is 0 Å². The maximum Gasteiger partial charge on any atom is 0.330 e. The van der Waals surface area contributed by atoms with Crippen molar-refractivity contribution in [3.63, 3.8) is 0 Å². The summed E-state index contributed by atoms with van der Waals surface area (Å²) in [5.41, 5.74) is 2.12. The van der Waals surface area contributed by atoms with Gasteiger partial charge in [-0.05, 0) is 37.4 Å². The molecule has 0 spiro atoms. The summed E-state index contributed by atoms with van der Waals surface area (Å²) in [7, 11) is 0. The molecule has 1 aromatic heterocycles. The van der Waals surface area contributed by atoms with Gasteiger partial charge >= 0.3 is 5.69 Å². The molecule has 0 radical (unpaired) electrons. The van der Waals surface area contributed by atoms with Gasteiger partial charge < -0.3 is 10.3 Å². The van der Waals surface area contributed by atoms with Crippen LogP contribution in [0, 0.1) is 0 Å². The van der Waals surface area contributed by atoms with E-state index >= 15 is 0 Å². The van der Waals surface area contributed by atoms with Gasteiger partial charge in [0.25, 0.3) is 0 Å². The van der Waals surface area contributed by atoms with Gasteiger partial charge in [-0.15, -0.1) is 0 Å². The second-order valence-electron chi connectivity index (χ2n) is 4.76. The van der Waals surface area contributed by atoms with Crippen LogP contribution < -0.4 is 11.0 Å². The zero-order chi connectivity index (χ0) is 12.4. The summed E-state index contributed by atoms with van der Waals surface area (Å²) < 4.78 is 1.67. The lowest BCUT2D eigenvalue weighted by molar-refractivity contribution is 0.601. The Kier molecular flexibility index (Phi) is 3.02. The Morgan fingerprint density at radius 1 is 1.33 bits per heavy atom. The van der Waals surface area contributed by atoms with Crippen LogP contribution in [-0.4, -0.2) is 22.1 Å². The number of hydrogen-bond donors (Lipinski definition) is 2. The Bertz CT molecular complexity index is 578. The van der Waals surface area contributed by atoms with Gasteiger partial charge in [-0.1, -0.05) is 18.2 Å². The Morgan fingerprint density at radius 2 is 2.22 bits per heavy atom. The molecule has 1 fully saturated rings. The SMILES string of the molecule is O=c1[nH]ccn1-c1ccccc1CC1CCCN1. The monoisotopic (exact) mass is 243 g/mol. The highest BCUT2D eigenvalue weighted by atomic mass is 16.1. The van der Waals surface area contributed by atoms with Gasteiger partial charge in [-0.2, -0.15) is 0 Å². The number of para-hydroxylation sites is 1. The Labute approximate surface area is 106 Å². The van der Waals surface area contributed by atoms with E-state index in [0.717, 1.165) is 18.7 Å². The van der Waals surface area contributed by atoms with Gasteiger partial charge in [0.1, 0.15) is 0 Å². The maximum atomic E-state index is 11.7. The van der Waals surface area contributed by atoms with Crippen LogP contribution in [0.4, 0.5) is 0 Å². The van der Waals surface area contributed by atoms with E-state index in [2.05, 4.69) is 16.4 Å². The van der Waals surface area contributed by atoms with Gasteiger partial charge in [-0.3, -0.25) is 4.57 Å². The van der Waals surface area contributed by atoms with E-state index in [-0.39, 0.29) is 5.69 Å². The lowest BCUT2D eigenvalue weighted by Gasteiger charge is -2.14. The van der Waals surface area contributed by atoms with Crippen LogP contribution in [0.25, 0.3) is 5.69 Å². The van der Waals surface area contributed by atoms with Crippen molar-refractivity contribution in [1.82, 2.24) is 14.9 Å². The Hall–Kier alpha value is -1.81. The minimum absolute atomic E-state index is 0.0816. The molecule has 2 N–H and O–H groups in total. The Balaban J connectivity index is 1.94. The van der Waals surface area contributed by atoms with Crippen LogP contribution in [0.15, 0.2) is 41.5 Å². The highest BCUT2D eigenvalue weighted by Crippen LogP contribution is 2.18. The van der Waals surface area contributed by atoms with E-state index in [1.54, 1.807) is 17.0 Å². The second-order valence-corrected chi connectivity index (χ2v) is 4.76. The van der Waals surface area contributed by atoms with Crippen molar-refractivity contribution in [2.75, 3.05) is 6.54 Å². The van der Waals surface area contributed by atoms with Crippen LogP contribution in [0.3, 0.4) is 0 Å². The molecule has 4 heteroatoms. The standard InChI is InChI=1S/C14H17N3O/c18-14-16-8-9-17(14)13-6-2-1-4-11(13)10-12-5-3-7-15-12/h1-2,4,6,8-9,12,15H,3,5,7,10H2,(H,16,18). The second kappa shape index (κ2) is 4.82. The van der Waals surface area contributed by atoms with E-state index < -0.39 is 0 Å². The summed E-state index contributed by atoms with van der Waals surface area (Å²) in [6, 6.07) is 8.65. The molecule has 1 aliphatic rings. The van der Waals surface area contributed by atoms with Crippen LogP contribution >= 0.6 is 0 Å². The van der Waals surface area contributed by atoms with Crippen LogP contribution in [0.1, 0.15) is 18.4 Å². The van der Waals surface area contributed by atoms with Crippen LogP contribution in [0.2, 0.25) is 0 Å². The van der Waals surface area contributed by atoms with Crippen LogP contribution in [-0.2, 0) is 6.42 Å². The topological polar surface area (TPSA) is 49.8 Å². The van der Waals surface area contributed by atoms with E-state index in [1.807, 2.05) is 18.2 Å². The first-order chi connectivity index (χ1) is 8.84. The predicted molar refractivity (Wildman–Crippen MR) is 71.1 cm³/mol. The molecule has 94 valence electrons. The zero-order valence-electron chi connectivity index (χ0n) is 10.2. The normalized spacial score (nSPS) is 19.2. The molecule has 1 aromatic carbocycles. The van der Waals surface area contributed by atoms with Gasteiger partial charge in [0, 0.05) is 18.4 Å². The quantitative estimate of drug-likeness (QED) is 0.857. The van der Waals surface area contributed by atoms with Crippen molar-refractivity contribution in [3.8, 4) is 5.69 Å². The molecule has 1 unspecified atom stereocenters. The lowest BCUT2D eigenvalue weighted by atomic mass is 10.0. The third-order valence-electron chi connectivity index (χ3n) is 3.53. The molecule has 1 saturated heterocycles. The molecule has 0 saturated carbocycles. The third-order valence-corrected chi connectivity index (χ3v) is 3.53. The Morgan fingerprint density at radius 3 is 2.94 bits per heavy atom. The number of aromatic amines is 1. The summed E-state index contributed by atoms with van der Waals surface area (Å²) in [5.74, 6) is 0. The first kappa shape index (κ1) is 11.3. The number of H-pyrrole nitrogens is 1. The van der Waals surface area contributed by atoms with Crippen LogP contribution in [0.5, 0.6) is 0 Å². The first-order valence-corrected chi connectivity index (χ1v) is 6.42. The van der Waals surface area contributed by atoms with E-state index in [0.29, 0.717) is 6.04 Å². The summed E-state index contributed by atoms with van der Waals surface area (Å²) in [4.78, 5) is 14.4. The average Bonchev–Trinajstić information content (AvgIpc) is 3.02. The average molecular weight is 243 g/mol. The molecular weight excluding hydrogens is 226 g/mol. The molecule has 2 aromatic rings. The number of benzene rings is 1. The number of imidazole rings is 1. The number of aromatic nitrogens is 2. The fraction of sp³-hybridized carbons (Fsp3) is 0.357. The molecule has 1 aliphatic heterocycles. The minimum atomic E-state index is -0.0816. The van der Waals surface area contributed by atoms with Crippen molar-refractivity contribution in [3.05, 3.63) is 52.7 Å². The van der Waals surface area contributed by atoms with Crippen molar-refractivity contribution in [1.29, 1.82) is 0 Å². The molecule has 3 rings (SSSR count). The minimum Gasteiger partial charge on any atom is -0.314 e. The molecule has 0 aliphatic carbocycles. The number of nitrogens with zero attached hydrogens (tertiary/aromatic N) is 1. The van der Waals surface area contributed by atoms with Crippen molar-refractivity contribution in [2.45, 2.75) is 25.3 Å². The molecule has 0 amide bonds. The number of nitrogens with one attached hydrogen (secondary N) is 2. The lowest BCUT2D eigenvalue weighted by Crippen LogP contribution is -2.25. The zero-order valence-corrected chi connectivity index (χ0v) is 10.2. The summed E-state index contributed by atoms with van der Waals surface area (Å²) in [6.45, 7) is 1.11. The largest absolute Gasteiger partial charge is 0.330 e. The molecule has 18 heavy (non-hydrogen) atoms. The number of hydrogen-bond acceptors (Lipinski definition) is 2. The smallest absolute Gasteiger partial charge is 0.314 e. The van der Waals surface area contributed by atoms with Crippen molar-refractivity contribution in [2.24, 2.45) is 0 Å². The van der Waals surface area contributed by atoms with Gasteiger partial charge in [0.2, 0.25) is 0 Å². The predicted octanol–water partition coefficient (Wildman–Crippen LogP) is 1.46. The van der Waals surface area contributed by atoms with Gasteiger partial charge in [0.05, 0.1) is 5.69 Å². The highest BCUT2D eigenvalue weighted by molar-refractivity contribution is 5.41. The summed E-state index contributed by atoms with van der Waals surface area (Å²) in [6.07, 6.45) is 6.90. The highest BCUT2D eigenvalue weighted by Gasteiger charge is 2.16. The molecule has 1 atom stereocenters. The molecule has 2 heterocycles. The molecule has 4 nitrogen and oxygen atoms in total. The molecule has 0 bridgehead atoms.